The molecule has 0 aliphatic carbocycles. The summed E-state index contributed by atoms with van der Waals surface area (Å²) in [6.07, 6.45) is 1.80. The molecule has 21 heavy (non-hydrogen) atoms. The van der Waals surface area contributed by atoms with E-state index in [4.69, 9.17) is 21.1 Å². The molecule has 0 spiro atoms. The molecule has 0 heterocycles. The van der Waals surface area contributed by atoms with E-state index in [0.29, 0.717) is 22.1 Å². The fourth-order valence-electron chi connectivity index (χ4n) is 1.92. The first kappa shape index (κ1) is 15.0. The van der Waals surface area contributed by atoms with Crippen LogP contribution in [0.2, 0.25) is 5.02 Å². The van der Waals surface area contributed by atoms with Gasteiger partial charge in [-0.3, -0.25) is 0 Å². The quantitative estimate of drug-likeness (QED) is 0.620. The smallest absolute Gasteiger partial charge is 0.161 e. The Balaban J connectivity index is 2.41. The van der Waals surface area contributed by atoms with Gasteiger partial charge in [-0.1, -0.05) is 29.8 Å². The SMILES string of the molecule is COc1ccc(/C=C(/C#N)c2ccc(Cl)cc2)cc1OC. The lowest BCUT2D eigenvalue weighted by Gasteiger charge is -2.08. The van der Waals surface area contributed by atoms with E-state index in [1.165, 1.54) is 0 Å². The number of halogens is 1. The number of nitriles is 1. The Morgan fingerprint density at radius 2 is 1.71 bits per heavy atom. The van der Waals surface area contributed by atoms with Crippen molar-refractivity contribution in [2.24, 2.45) is 0 Å². The standard InChI is InChI=1S/C17H14ClNO2/c1-20-16-8-3-12(10-17(16)21-2)9-14(11-19)13-4-6-15(18)7-5-13/h3-10H,1-2H3/b14-9-. The van der Waals surface area contributed by atoms with Gasteiger partial charge in [0.15, 0.2) is 11.5 Å². The van der Waals surface area contributed by atoms with Crippen LogP contribution in [0.25, 0.3) is 11.6 Å². The van der Waals surface area contributed by atoms with Crippen LogP contribution in [-0.4, -0.2) is 14.2 Å². The molecule has 0 N–H and O–H groups in total. The van der Waals surface area contributed by atoms with Crippen LogP contribution < -0.4 is 9.47 Å². The van der Waals surface area contributed by atoms with Crippen LogP contribution in [0.1, 0.15) is 11.1 Å². The Morgan fingerprint density at radius 3 is 2.29 bits per heavy atom. The van der Waals surface area contributed by atoms with Crippen LogP contribution in [-0.2, 0) is 0 Å². The molecule has 0 unspecified atom stereocenters. The summed E-state index contributed by atoms with van der Waals surface area (Å²) >= 11 is 5.86. The monoisotopic (exact) mass is 299 g/mol. The molecule has 0 radical (unpaired) electrons. The van der Waals surface area contributed by atoms with E-state index in [-0.39, 0.29) is 0 Å². The Kier molecular flexibility index (Phi) is 4.86. The highest BCUT2D eigenvalue weighted by Gasteiger charge is 2.05. The average molecular weight is 300 g/mol. The second-order valence-electron chi connectivity index (χ2n) is 4.29. The second-order valence-corrected chi connectivity index (χ2v) is 4.73. The van der Waals surface area contributed by atoms with E-state index < -0.39 is 0 Å². The van der Waals surface area contributed by atoms with Crippen molar-refractivity contribution >= 4 is 23.3 Å². The third-order valence-corrected chi connectivity index (χ3v) is 3.25. The predicted octanol–water partition coefficient (Wildman–Crippen LogP) is 4.42. The molecule has 0 fully saturated rings. The highest BCUT2D eigenvalue weighted by atomic mass is 35.5. The lowest BCUT2D eigenvalue weighted by atomic mass is 10.0. The third kappa shape index (κ3) is 3.56. The van der Waals surface area contributed by atoms with E-state index >= 15 is 0 Å². The summed E-state index contributed by atoms with van der Waals surface area (Å²) in [5.74, 6) is 1.28. The van der Waals surface area contributed by atoms with Crippen molar-refractivity contribution in [1.82, 2.24) is 0 Å². The van der Waals surface area contributed by atoms with Gasteiger partial charge in [-0.2, -0.15) is 5.26 Å². The zero-order chi connectivity index (χ0) is 15.2. The number of nitrogens with zero attached hydrogens (tertiary/aromatic N) is 1. The minimum Gasteiger partial charge on any atom is -0.493 e. The van der Waals surface area contributed by atoms with Crippen molar-refractivity contribution in [3.05, 3.63) is 58.6 Å². The summed E-state index contributed by atoms with van der Waals surface area (Å²) in [6, 6.07) is 14.9. The molecule has 0 amide bonds. The first-order chi connectivity index (χ1) is 10.2. The third-order valence-electron chi connectivity index (χ3n) is 2.99. The lowest BCUT2D eigenvalue weighted by molar-refractivity contribution is 0.355. The Labute approximate surface area is 129 Å². The maximum atomic E-state index is 9.33. The van der Waals surface area contributed by atoms with Crippen LogP contribution in [0.4, 0.5) is 0 Å². The molecule has 2 rings (SSSR count). The number of hydrogen-bond donors (Lipinski definition) is 0. The van der Waals surface area contributed by atoms with E-state index in [2.05, 4.69) is 6.07 Å². The number of hydrogen-bond acceptors (Lipinski definition) is 3. The molecule has 0 atom stereocenters. The molecule has 4 heteroatoms. The molecule has 2 aromatic rings. The van der Waals surface area contributed by atoms with E-state index in [0.717, 1.165) is 11.1 Å². The molecule has 0 saturated carbocycles. The van der Waals surface area contributed by atoms with Gasteiger partial charge in [0, 0.05) is 5.02 Å². The van der Waals surface area contributed by atoms with Crippen molar-refractivity contribution in [1.29, 1.82) is 5.26 Å². The number of rotatable bonds is 4. The van der Waals surface area contributed by atoms with E-state index in [1.54, 1.807) is 32.4 Å². The van der Waals surface area contributed by atoms with Gasteiger partial charge in [0.1, 0.15) is 0 Å². The molecule has 0 aliphatic heterocycles. The maximum absolute atomic E-state index is 9.33. The van der Waals surface area contributed by atoms with Crippen molar-refractivity contribution in [3.63, 3.8) is 0 Å². The molecule has 0 aromatic heterocycles. The summed E-state index contributed by atoms with van der Waals surface area (Å²) in [5, 5.41) is 9.97. The topological polar surface area (TPSA) is 42.2 Å². The van der Waals surface area contributed by atoms with Gasteiger partial charge in [-0.15, -0.1) is 0 Å². The molecular weight excluding hydrogens is 286 g/mol. The summed E-state index contributed by atoms with van der Waals surface area (Å²) in [5.41, 5.74) is 2.23. The normalized spacial score (nSPS) is 10.9. The van der Waals surface area contributed by atoms with Crippen molar-refractivity contribution < 1.29 is 9.47 Å². The zero-order valence-electron chi connectivity index (χ0n) is 11.8. The number of benzene rings is 2. The fourth-order valence-corrected chi connectivity index (χ4v) is 2.04. The Hall–Kier alpha value is -2.44. The van der Waals surface area contributed by atoms with Gasteiger partial charge in [-0.25, -0.2) is 0 Å². The van der Waals surface area contributed by atoms with E-state index in [9.17, 15) is 5.26 Å². The summed E-state index contributed by atoms with van der Waals surface area (Å²) in [4.78, 5) is 0. The van der Waals surface area contributed by atoms with Crippen molar-refractivity contribution in [3.8, 4) is 17.6 Å². The number of ether oxygens (including phenoxy) is 2. The average Bonchev–Trinajstić information content (AvgIpc) is 2.53. The number of allylic oxidation sites excluding steroid dienone is 1. The summed E-state index contributed by atoms with van der Waals surface area (Å²) in [6.45, 7) is 0. The molecule has 0 bridgehead atoms. The minimum absolute atomic E-state index is 0.555. The number of methoxy groups -OCH3 is 2. The van der Waals surface area contributed by atoms with Gasteiger partial charge < -0.3 is 9.47 Å². The first-order valence-corrected chi connectivity index (χ1v) is 6.65. The van der Waals surface area contributed by atoms with Crippen molar-refractivity contribution in [2.75, 3.05) is 14.2 Å². The van der Waals surface area contributed by atoms with Gasteiger partial charge >= 0.3 is 0 Å². The Morgan fingerprint density at radius 1 is 1.05 bits per heavy atom. The summed E-state index contributed by atoms with van der Waals surface area (Å²) < 4.78 is 10.5. The summed E-state index contributed by atoms with van der Waals surface area (Å²) in [7, 11) is 3.16. The highest BCUT2D eigenvalue weighted by molar-refractivity contribution is 6.30. The minimum atomic E-state index is 0.555. The van der Waals surface area contributed by atoms with Gasteiger partial charge in [-0.05, 0) is 41.5 Å². The van der Waals surface area contributed by atoms with Gasteiger partial charge in [0.2, 0.25) is 0 Å². The van der Waals surface area contributed by atoms with Crippen LogP contribution in [0.15, 0.2) is 42.5 Å². The fraction of sp³-hybridized carbons (Fsp3) is 0.118. The highest BCUT2D eigenvalue weighted by Crippen LogP contribution is 2.29. The molecule has 3 nitrogen and oxygen atoms in total. The van der Waals surface area contributed by atoms with Gasteiger partial charge in [0.05, 0.1) is 25.9 Å². The molecular formula is C17H14ClNO2. The predicted molar refractivity (Wildman–Crippen MR) is 84.5 cm³/mol. The molecule has 0 saturated heterocycles. The lowest BCUT2D eigenvalue weighted by Crippen LogP contribution is -1.90. The second kappa shape index (κ2) is 6.83. The molecule has 2 aromatic carbocycles. The molecule has 106 valence electrons. The Bertz CT molecular complexity index is 700. The molecule has 0 aliphatic rings. The van der Waals surface area contributed by atoms with Crippen LogP contribution >= 0.6 is 11.6 Å². The van der Waals surface area contributed by atoms with Gasteiger partial charge in [0.25, 0.3) is 0 Å². The van der Waals surface area contributed by atoms with E-state index in [1.807, 2.05) is 30.3 Å². The largest absolute Gasteiger partial charge is 0.493 e. The van der Waals surface area contributed by atoms with Crippen LogP contribution in [0.5, 0.6) is 11.5 Å². The maximum Gasteiger partial charge on any atom is 0.161 e. The first-order valence-electron chi connectivity index (χ1n) is 6.27. The van der Waals surface area contributed by atoms with Crippen LogP contribution in [0, 0.1) is 11.3 Å². The van der Waals surface area contributed by atoms with Crippen LogP contribution in [0.3, 0.4) is 0 Å². The zero-order valence-corrected chi connectivity index (χ0v) is 12.5. The van der Waals surface area contributed by atoms with Crippen molar-refractivity contribution in [2.45, 2.75) is 0 Å².